The summed E-state index contributed by atoms with van der Waals surface area (Å²) in [6.07, 6.45) is 5.05. The van der Waals surface area contributed by atoms with Crippen LogP contribution in [0.4, 0.5) is 4.79 Å². The number of carbonyl (C=O) groups is 1. The molecule has 1 fully saturated rings. The summed E-state index contributed by atoms with van der Waals surface area (Å²) in [5.74, 6) is 0. The molecule has 0 radical (unpaired) electrons. The molecule has 0 aliphatic carbocycles. The summed E-state index contributed by atoms with van der Waals surface area (Å²) in [4.78, 5) is 16.7. The first-order valence-corrected chi connectivity index (χ1v) is 6.93. The Bertz CT molecular complexity index is 378. The summed E-state index contributed by atoms with van der Waals surface area (Å²) in [7, 11) is 0. The van der Waals surface area contributed by atoms with Gasteiger partial charge in [0, 0.05) is 38.1 Å². The number of pyridine rings is 1. The van der Waals surface area contributed by atoms with Crippen LogP contribution in [0.25, 0.3) is 0 Å². The van der Waals surface area contributed by atoms with Crippen molar-refractivity contribution in [1.29, 1.82) is 0 Å². The quantitative estimate of drug-likeness (QED) is 0.846. The number of rotatable bonds is 2. The van der Waals surface area contributed by atoms with Gasteiger partial charge in [-0.15, -0.1) is 0 Å². The van der Waals surface area contributed by atoms with E-state index in [9.17, 15) is 4.79 Å². The van der Waals surface area contributed by atoms with Gasteiger partial charge < -0.3 is 21.1 Å². The predicted molar refractivity (Wildman–Crippen MR) is 77.9 cm³/mol. The van der Waals surface area contributed by atoms with Crippen molar-refractivity contribution in [3.63, 3.8) is 0 Å². The number of ether oxygens (including phenoxy) is 1. The highest BCUT2D eigenvalue weighted by Crippen LogP contribution is 2.08. The highest BCUT2D eigenvalue weighted by molar-refractivity contribution is 5.67. The SMILES string of the molecule is CCOC(=O)N1CCC(N)CC1.NCc1ccncc1. The number of amides is 1. The molecular weight excluding hydrogens is 256 g/mol. The third-order valence-corrected chi connectivity index (χ3v) is 3.05. The van der Waals surface area contributed by atoms with Gasteiger partial charge in [0.2, 0.25) is 0 Å². The first-order chi connectivity index (χ1) is 9.67. The maximum absolute atomic E-state index is 11.2. The molecule has 0 spiro atoms. The maximum Gasteiger partial charge on any atom is 0.409 e. The maximum atomic E-state index is 11.2. The Balaban J connectivity index is 0.000000217. The van der Waals surface area contributed by atoms with Crippen molar-refractivity contribution in [2.45, 2.75) is 32.4 Å². The lowest BCUT2D eigenvalue weighted by atomic mass is 10.1. The Hall–Kier alpha value is -1.66. The van der Waals surface area contributed by atoms with Gasteiger partial charge in [-0.2, -0.15) is 0 Å². The Morgan fingerprint density at radius 3 is 2.45 bits per heavy atom. The van der Waals surface area contributed by atoms with E-state index in [1.165, 1.54) is 0 Å². The molecule has 4 N–H and O–H groups in total. The summed E-state index contributed by atoms with van der Waals surface area (Å²) in [5, 5.41) is 0. The summed E-state index contributed by atoms with van der Waals surface area (Å²) < 4.78 is 4.86. The fraction of sp³-hybridized carbons (Fsp3) is 0.571. The van der Waals surface area contributed by atoms with Crippen LogP contribution < -0.4 is 11.5 Å². The second-order valence-electron chi connectivity index (χ2n) is 4.58. The van der Waals surface area contributed by atoms with Gasteiger partial charge in [0.1, 0.15) is 0 Å². The van der Waals surface area contributed by atoms with E-state index in [1.807, 2.05) is 19.1 Å². The van der Waals surface area contributed by atoms with E-state index >= 15 is 0 Å². The zero-order chi connectivity index (χ0) is 14.8. The molecule has 2 rings (SSSR count). The molecular formula is C14H24N4O2. The number of piperidine rings is 1. The van der Waals surface area contributed by atoms with Gasteiger partial charge in [0.25, 0.3) is 0 Å². The lowest BCUT2D eigenvalue weighted by Gasteiger charge is -2.29. The monoisotopic (exact) mass is 280 g/mol. The Morgan fingerprint density at radius 1 is 1.40 bits per heavy atom. The highest BCUT2D eigenvalue weighted by Gasteiger charge is 2.20. The number of likely N-dealkylation sites (tertiary alicyclic amines) is 1. The van der Waals surface area contributed by atoms with Crippen LogP contribution in [-0.2, 0) is 11.3 Å². The largest absolute Gasteiger partial charge is 0.450 e. The zero-order valence-electron chi connectivity index (χ0n) is 12.0. The molecule has 1 aliphatic heterocycles. The van der Waals surface area contributed by atoms with Crippen molar-refractivity contribution in [2.24, 2.45) is 11.5 Å². The van der Waals surface area contributed by atoms with Crippen molar-refractivity contribution >= 4 is 6.09 Å². The molecule has 2 heterocycles. The Morgan fingerprint density at radius 2 is 2.00 bits per heavy atom. The first-order valence-electron chi connectivity index (χ1n) is 6.93. The van der Waals surface area contributed by atoms with E-state index in [0.717, 1.165) is 31.5 Å². The van der Waals surface area contributed by atoms with Crippen LogP contribution in [0.2, 0.25) is 0 Å². The summed E-state index contributed by atoms with van der Waals surface area (Å²) >= 11 is 0. The van der Waals surface area contributed by atoms with Crippen LogP contribution in [0.3, 0.4) is 0 Å². The molecule has 0 bridgehead atoms. The molecule has 1 amide bonds. The first kappa shape index (κ1) is 16.4. The Kier molecular flexibility index (Phi) is 7.60. The molecule has 20 heavy (non-hydrogen) atoms. The van der Waals surface area contributed by atoms with E-state index in [4.69, 9.17) is 16.2 Å². The second-order valence-corrected chi connectivity index (χ2v) is 4.58. The fourth-order valence-corrected chi connectivity index (χ4v) is 1.82. The van der Waals surface area contributed by atoms with Crippen LogP contribution >= 0.6 is 0 Å². The molecule has 1 aromatic heterocycles. The summed E-state index contributed by atoms with van der Waals surface area (Å²) in [5.41, 5.74) is 12.1. The van der Waals surface area contributed by atoms with Crippen LogP contribution in [-0.4, -0.2) is 41.7 Å². The molecule has 0 saturated carbocycles. The Labute approximate surface area is 120 Å². The average molecular weight is 280 g/mol. The fourth-order valence-electron chi connectivity index (χ4n) is 1.82. The van der Waals surface area contributed by atoms with E-state index in [2.05, 4.69) is 4.98 Å². The van der Waals surface area contributed by atoms with E-state index in [-0.39, 0.29) is 12.1 Å². The number of nitrogens with zero attached hydrogens (tertiary/aromatic N) is 2. The minimum Gasteiger partial charge on any atom is -0.450 e. The predicted octanol–water partition coefficient (Wildman–Crippen LogP) is 1.11. The number of aromatic nitrogens is 1. The van der Waals surface area contributed by atoms with Crippen LogP contribution in [0.15, 0.2) is 24.5 Å². The number of hydrogen-bond donors (Lipinski definition) is 2. The molecule has 112 valence electrons. The van der Waals surface area contributed by atoms with Gasteiger partial charge in [0.15, 0.2) is 0 Å². The molecule has 1 saturated heterocycles. The smallest absolute Gasteiger partial charge is 0.409 e. The number of nitrogens with two attached hydrogens (primary N) is 2. The molecule has 1 aromatic rings. The minimum absolute atomic E-state index is 0.204. The standard InChI is InChI=1S/C8H16N2O2.C6H8N2/c1-2-12-8(11)10-5-3-7(9)4-6-10;7-5-6-1-3-8-4-2-6/h7H,2-6,9H2,1H3;1-4H,5,7H2. The van der Waals surface area contributed by atoms with Crippen molar-refractivity contribution in [1.82, 2.24) is 9.88 Å². The van der Waals surface area contributed by atoms with Crippen LogP contribution in [0.1, 0.15) is 25.3 Å². The van der Waals surface area contributed by atoms with E-state index in [0.29, 0.717) is 13.2 Å². The second kappa shape index (κ2) is 9.28. The van der Waals surface area contributed by atoms with Gasteiger partial charge in [-0.25, -0.2) is 4.79 Å². The molecule has 0 aromatic carbocycles. The third-order valence-electron chi connectivity index (χ3n) is 3.05. The lowest BCUT2D eigenvalue weighted by molar-refractivity contribution is 0.0974. The molecule has 0 unspecified atom stereocenters. The van der Waals surface area contributed by atoms with Crippen molar-refractivity contribution in [3.8, 4) is 0 Å². The highest BCUT2D eigenvalue weighted by atomic mass is 16.6. The normalized spacial score (nSPS) is 15.2. The van der Waals surface area contributed by atoms with Crippen LogP contribution in [0, 0.1) is 0 Å². The molecule has 1 aliphatic rings. The van der Waals surface area contributed by atoms with Gasteiger partial charge in [-0.3, -0.25) is 4.98 Å². The average Bonchev–Trinajstić information content (AvgIpc) is 2.49. The van der Waals surface area contributed by atoms with Gasteiger partial charge in [-0.1, -0.05) is 0 Å². The molecule has 0 atom stereocenters. The number of hydrogen-bond acceptors (Lipinski definition) is 5. The third kappa shape index (κ3) is 5.99. The zero-order valence-corrected chi connectivity index (χ0v) is 12.0. The minimum atomic E-state index is -0.204. The van der Waals surface area contributed by atoms with E-state index < -0.39 is 0 Å². The summed E-state index contributed by atoms with van der Waals surface area (Å²) in [6, 6.07) is 4.07. The van der Waals surface area contributed by atoms with Gasteiger partial charge in [-0.05, 0) is 37.5 Å². The lowest BCUT2D eigenvalue weighted by Crippen LogP contribution is -2.43. The molecule has 6 nitrogen and oxygen atoms in total. The van der Waals surface area contributed by atoms with Crippen molar-refractivity contribution in [2.75, 3.05) is 19.7 Å². The van der Waals surface area contributed by atoms with Gasteiger partial charge in [0.05, 0.1) is 6.61 Å². The van der Waals surface area contributed by atoms with Crippen LogP contribution in [0.5, 0.6) is 0 Å². The van der Waals surface area contributed by atoms with Crippen molar-refractivity contribution < 1.29 is 9.53 Å². The number of carbonyl (C=O) groups excluding carboxylic acids is 1. The molecule has 6 heteroatoms. The summed E-state index contributed by atoms with van der Waals surface area (Å²) in [6.45, 7) is 4.33. The topological polar surface area (TPSA) is 94.5 Å². The van der Waals surface area contributed by atoms with E-state index in [1.54, 1.807) is 17.3 Å². The van der Waals surface area contributed by atoms with Gasteiger partial charge >= 0.3 is 6.09 Å². The van der Waals surface area contributed by atoms with Crippen molar-refractivity contribution in [3.05, 3.63) is 30.1 Å².